The number of carbonyl (C=O) groups is 2. The van der Waals surface area contributed by atoms with Gasteiger partial charge in [-0.3, -0.25) is 10.1 Å². The smallest absolute Gasteiger partial charge is 0.412 e. The van der Waals surface area contributed by atoms with Crippen molar-refractivity contribution < 1.29 is 23.8 Å². The molecular formula is C29H25FN2O4S. The zero-order valence-electron chi connectivity index (χ0n) is 20.3. The van der Waals surface area contributed by atoms with Crippen LogP contribution in [0.4, 0.5) is 14.9 Å². The van der Waals surface area contributed by atoms with Crippen LogP contribution in [0.25, 0.3) is 21.6 Å². The monoisotopic (exact) mass is 516 g/mol. The number of rotatable bonds is 7. The molecule has 1 fully saturated rings. The minimum Gasteiger partial charge on any atom is -0.481 e. The summed E-state index contributed by atoms with van der Waals surface area (Å²) in [6.45, 7) is 3.53. The average Bonchev–Trinajstić information content (AvgIpc) is 3.65. The Labute approximate surface area is 217 Å². The molecule has 1 saturated carbocycles. The molecule has 0 unspecified atom stereocenters. The van der Waals surface area contributed by atoms with Crippen molar-refractivity contribution in [3.05, 3.63) is 95.4 Å². The zero-order valence-corrected chi connectivity index (χ0v) is 21.1. The summed E-state index contributed by atoms with van der Waals surface area (Å²) >= 11 is 1.10. The van der Waals surface area contributed by atoms with E-state index in [2.05, 4.69) is 9.69 Å². The molecule has 0 saturated heterocycles. The van der Waals surface area contributed by atoms with Crippen molar-refractivity contribution in [3.8, 4) is 21.6 Å². The Bertz CT molecular complexity index is 1460. The van der Waals surface area contributed by atoms with Gasteiger partial charge in [0.25, 0.3) is 0 Å². The molecule has 0 spiro atoms. The number of carboxylic acids is 1. The van der Waals surface area contributed by atoms with Crippen LogP contribution >= 0.6 is 11.5 Å². The fraction of sp³-hybridized carbons (Fsp3) is 0.207. The number of benzene rings is 3. The van der Waals surface area contributed by atoms with Crippen LogP contribution in [-0.4, -0.2) is 21.5 Å². The van der Waals surface area contributed by atoms with E-state index in [1.807, 2.05) is 42.5 Å². The number of amides is 1. The molecule has 8 heteroatoms. The topological polar surface area (TPSA) is 88.5 Å². The van der Waals surface area contributed by atoms with Crippen molar-refractivity contribution in [3.63, 3.8) is 0 Å². The third kappa shape index (κ3) is 4.84. The normalized spacial score (nSPS) is 14.6. The molecule has 1 aliphatic carbocycles. The van der Waals surface area contributed by atoms with Gasteiger partial charge in [0.1, 0.15) is 11.9 Å². The number of aryl methyl sites for hydroxylation is 1. The van der Waals surface area contributed by atoms with Gasteiger partial charge in [-0.15, -0.1) is 0 Å². The highest BCUT2D eigenvalue weighted by Crippen LogP contribution is 2.48. The average molecular weight is 517 g/mol. The lowest BCUT2D eigenvalue weighted by molar-refractivity contribution is -0.140. The molecule has 0 bridgehead atoms. The quantitative estimate of drug-likeness (QED) is 0.268. The molecule has 1 aliphatic rings. The third-order valence-electron chi connectivity index (χ3n) is 6.79. The van der Waals surface area contributed by atoms with E-state index in [1.165, 1.54) is 6.07 Å². The lowest BCUT2D eigenvalue weighted by Crippen LogP contribution is -2.19. The molecule has 0 radical (unpaired) electrons. The second-order valence-electron chi connectivity index (χ2n) is 9.21. The van der Waals surface area contributed by atoms with Crippen molar-refractivity contribution in [1.82, 2.24) is 4.37 Å². The minimum atomic E-state index is -0.807. The Kier molecular flexibility index (Phi) is 6.52. The van der Waals surface area contributed by atoms with E-state index in [0.717, 1.165) is 28.2 Å². The van der Waals surface area contributed by atoms with Gasteiger partial charge in [0.05, 0.1) is 21.7 Å². The van der Waals surface area contributed by atoms with Gasteiger partial charge in [-0.2, -0.15) is 4.37 Å². The van der Waals surface area contributed by atoms with Crippen molar-refractivity contribution in [2.45, 2.75) is 38.2 Å². The van der Waals surface area contributed by atoms with Crippen LogP contribution in [0.15, 0.2) is 72.8 Å². The van der Waals surface area contributed by atoms with E-state index >= 15 is 4.39 Å². The maximum atomic E-state index is 15.3. The van der Waals surface area contributed by atoms with Crippen LogP contribution in [0.5, 0.6) is 0 Å². The molecule has 1 amide bonds. The number of carbonyl (C=O) groups excluding carboxylic acids is 1. The van der Waals surface area contributed by atoms with Gasteiger partial charge < -0.3 is 9.84 Å². The number of anilines is 1. The number of nitrogens with one attached hydrogen (secondary N) is 1. The largest absolute Gasteiger partial charge is 0.481 e. The van der Waals surface area contributed by atoms with E-state index in [4.69, 9.17) is 4.74 Å². The van der Waals surface area contributed by atoms with E-state index < -0.39 is 29.4 Å². The molecule has 37 heavy (non-hydrogen) atoms. The summed E-state index contributed by atoms with van der Waals surface area (Å²) in [5, 5.41) is 12.2. The van der Waals surface area contributed by atoms with Crippen LogP contribution in [-0.2, 0) is 14.9 Å². The van der Waals surface area contributed by atoms with E-state index in [-0.39, 0.29) is 0 Å². The lowest BCUT2D eigenvalue weighted by atomic mass is 9.93. The first-order valence-electron chi connectivity index (χ1n) is 11.9. The number of aliphatic carboxylic acids is 1. The number of carboxylic acid groups (broad SMARTS) is 1. The molecule has 6 nitrogen and oxygen atoms in total. The molecule has 5 rings (SSSR count). The number of hydrogen-bond donors (Lipinski definition) is 2. The molecule has 0 aliphatic heterocycles. The van der Waals surface area contributed by atoms with Crippen molar-refractivity contribution in [2.75, 3.05) is 5.32 Å². The summed E-state index contributed by atoms with van der Waals surface area (Å²) in [4.78, 5) is 24.7. The summed E-state index contributed by atoms with van der Waals surface area (Å²) in [6.07, 6.45) is 0.167. The fourth-order valence-electron chi connectivity index (χ4n) is 4.40. The summed E-state index contributed by atoms with van der Waals surface area (Å²) in [7, 11) is 0. The number of hydrogen-bond acceptors (Lipinski definition) is 5. The minimum absolute atomic E-state index is 0.320. The van der Waals surface area contributed by atoms with Crippen molar-refractivity contribution in [2.24, 2.45) is 0 Å². The lowest BCUT2D eigenvalue weighted by Gasteiger charge is -2.15. The Morgan fingerprint density at radius 1 is 1.05 bits per heavy atom. The SMILES string of the molecule is Cc1nsc(-c2ccc(-c3ccc(C4(C(=O)O)CC4)cc3)cc2F)c1NC(=O)O[C@H](C)c1ccccc1. The second-order valence-corrected chi connectivity index (χ2v) is 9.99. The molecular weight excluding hydrogens is 491 g/mol. The third-order valence-corrected chi connectivity index (χ3v) is 7.76. The predicted molar refractivity (Wildman–Crippen MR) is 141 cm³/mol. The van der Waals surface area contributed by atoms with Crippen LogP contribution < -0.4 is 5.32 Å². The summed E-state index contributed by atoms with van der Waals surface area (Å²) in [6, 6.07) is 21.5. The molecule has 3 aromatic carbocycles. The van der Waals surface area contributed by atoms with Gasteiger partial charge in [0.2, 0.25) is 0 Å². The van der Waals surface area contributed by atoms with Gasteiger partial charge in [0.15, 0.2) is 0 Å². The number of ether oxygens (including phenoxy) is 1. The van der Waals surface area contributed by atoms with Crippen LogP contribution in [0.2, 0.25) is 0 Å². The maximum Gasteiger partial charge on any atom is 0.412 e. The molecule has 2 N–H and O–H groups in total. The molecule has 4 aromatic rings. The van der Waals surface area contributed by atoms with Gasteiger partial charge in [-0.1, -0.05) is 60.7 Å². The Morgan fingerprint density at radius 2 is 1.73 bits per heavy atom. The Hall–Kier alpha value is -4.04. The highest BCUT2D eigenvalue weighted by atomic mass is 32.1. The zero-order chi connectivity index (χ0) is 26.2. The van der Waals surface area contributed by atoms with Gasteiger partial charge in [-0.05, 0) is 72.6 Å². The molecule has 188 valence electrons. The van der Waals surface area contributed by atoms with Crippen molar-refractivity contribution >= 4 is 29.3 Å². The summed E-state index contributed by atoms with van der Waals surface area (Å²) in [5.74, 6) is -1.26. The highest BCUT2D eigenvalue weighted by Gasteiger charge is 2.51. The van der Waals surface area contributed by atoms with Crippen LogP contribution in [0.3, 0.4) is 0 Å². The first kappa shape index (κ1) is 24.6. The highest BCUT2D eigenvalue weighted by molar-refractivity contribution is 7.10. The van der Waals surface area contributed by atoms with E-state index in [0.29, 0.717) is 40.2 Å². The Balaban J connectivity index is 1.34. The van der Waals surface area contributed by atoms with Gasteiger partial charge in [-0.25, -0.2) is 9.18 Å². The second kappa shape index (κ2) is 9.78. The van der Waals surface area contributed by atoms with Gasteiger partial charge in [0, 0.05) is 5.56 Å². The molecule has 1 atom stereocenters. The summed E-state index contributed by atoms with van der Waals surface area (Å²) < 4.78 is 25.1. The van der Waals surface area contributed by atoms with Crippen LogP contribution in [0.1, 0.15) is 42.7 Å². The standard InChI is InChI=1S/C29H25FN2O4S/c1-17-25(31-28(35)36-18(2)19-6-4-3-5-7-19)26(37-32-17)23-13-10-21(16-24(23)30)20-8-11-22(12-9-20)29(14-15-29)27(33)34/h3-13,16,18H,14-15H2,1-2H3,(H,31,35)(H,33,34)/t18-/m1/s1. The van der Waals surface area contributed by atoms with Crippen molar-refractivity contribution in [1.29, 1.82) is 0 Å². The maximum absolute atomic E-state index is 15.3. The first-order chi connectivity index (χ1) is 17.8. The Morgan fingerprint density at radius 3 is 2.35 bits per heavy atom. The fourth-order valence-corrected chi connectivity index (χ4v) is 5.27. The van der Waals surface area contributed by atoms with E-state index in [1.54, 1.807) is 38.1 Å². The molecule has 1 heterocycles. The number of aromatic nitrogens is 1. The van der Waals surface area contributed by atoms with E-state index in [9.17, 15) is 14.7 Å². The number of nitrogens with zero attached hydrogens (tertiary/aromatic N) is 1. The first-order valence-corrected chi connectivity index (χ1v) is 12.7. The van der Waals surface area contributed by atoms with Crippen LogP contribution in [0, 0.1) is 12.7 Å². The predicted octanol–water partition coefficient (Wildman–Crippen LogP) is 7.35. The molecule has 1 aromatic heterocycles. The summed E-state index contributed by atoms with van der Waals surface area (Å²) in [5.41, 5.74) is 3.60. The van der Waals surface area contributed by atoms with Gasteiger partial charge >= 0.3 is 12.1 Å². The number of halogens is 1.